The maximum atomic E-state index is 13.3. The highest BCUT2D eigenvalue weighted by molar-refractivity contribution is 7.99. The summed E-state index contributed by atoms with van der Waals surface area (Å²) >= 11 is 1.16. The third-order valence-electron chi connectivity index (χ3n) is 3.49. The van der Waals surface area contributed by atoms with Gasteiger partial charge < -0.3 is 4.74 Å². The van der Waals surface area contributed by atoms with Crippen molar-refractivity contribution in [1.82, 2.24) is 9.55 Å². The molecule has 0 unspecified atom stereocenters. The Labute approximate surface area is 153 Å². The van der Waals surface area contributed by atoms with E-state index in [0.29, 0.717) is 22.5 Å². The van der Waals surface area contributed by atoms with Gasteiger partial charge >= 0.3 is 6.55 Å². The Bertz CT molecular complexity index is 1010. The minimum absolute atomic E-state index is 0.00937. The second-order valence-corrected chi connectivity index (χ2v) is 7.87. The third-order valence-corrected chi connectivity index (χ3v) is 5.34. The molecule has 2 aromatic carbocycles. The van der Waals surface area contributed by atoms with Gasteiger partial charge in [0.2, 0.25) is 10.0 Å². The van der Waals surface area contributed by atoms with E-state index in [1.165, 1.54) is 24.3 Å². The number of nitrogens with zero attached hydrogens (tertiary/aromatic N) is 2. The fourth-order valence-electron chi connectivity index (χ4n) is 2.33. The molecule has 0 bridgehead atoms. The lowest BCUT2D eigenvalue weighted by Crippen LogP contribution is -2.11. The Hall–Kier alpha value is -2.17. The number of hydrogen-bond donors (Lipinski definition) is 1. The summed E-state index contributed by atoms with van der Waals surface area (Å²) < 4.78 is 55.4. The van der Waals surface area contributed by atoms with E-state index in [-0.39, 0.29) is 16.7 Å². The minimum Gasteiger partial charge on any atom is -0.493 e. The van der Waals surface area contributed by atoms with Gasteiger partial charge in [-0.25, -0.2) is 18.5 Å². The first kappa shape index (κ1) is 18.6. The molecule has 0 saturated heterocycles. The zero-order chi connectivity index (χ0) is 18.7. The smallest absolute Gasteiger partial charge is 0.321 e. The van der Waals surface area contributed by atoms with Crippen molar-refractivity contribution in [3.63, 3.8) is 0 Å². The maximum absolute atomic E-state index is 13.3. The maximum Gasteiger partial charge on any atom is 0.321 e. The summed E-state index contributed by atoms with van der Waals surface area (Å²) in [5, 5.41) is 5.24. The quantitative estimate of drug-likeness (QED) is 0.487. The van der Waals surface area contributed by atoms with Crippen LogP contribution in [0.3, 0.4) is 0 Å². The van der Waals surface area contributed by atoms with Gasteiger partial charge in [-0.05, 0) is 36.4 Å². The number of ether oxygens (including phenoxy) is 1. The zero-order valence-electron chi connectivity index (χ0n) is 13.4. The fourth-order valence-corrected chi connectivity index (χ4v) is 3.68. The number of sulfonamides is 1. The number of halogens is 2. The number of aromatic nitrogens is 2. The van der Waals surface area contributed by atoms with Gasteiger partial charge in [-0.15, -0.1) is 0 Å². The third kappa shape index (κ3) is 4.14. The molecule has 0 aliphatic rings. The van der Waals surface area contributed by atoms with Crippen LogP contribution >= 0.6 is 11.8 Å². The molecule has 6 nitrogen and oxygen atoms in total. The Kier molecular flexibility index (Phi) is 5.44. The molecule has 2 N–H and O–H groups in total. The molecule has 0 aliphatic heterocycles. The summed E-state index contributed by atoms with van der Waals surface area (Å²) in [5.74, 6) is 0.854. The largest absolute Gasteiger partial charge is 0.493 e. The average molecular weight is 399 g/mol. The summed E-state index contributed by atoms with van der Waals surface area (Å²) in [4.78, 5) is 4.22. The van der Waals surface area contributed by atoms with Crippen LogP contribution in [0.5, 0.6) is 5.75 Å². The van der Waals surface area contributed by atoms with E-state index >= 15 is 0 Å². The number of alkyl halides is 2. The van der Waals surface area contributed by atoms with Gasteiger partial charge in [-0.3, -0.25) is 4.57 Å². The Morgan fingerprint density at radius 3 is 2.50 bits per heavy atom. The number of primary sulfonamides is 1. The molecule has 0 saturated carbocycles. The molecule has 0 radical (unpaired) electrons. The van der Waals surface area contributed by atoms with Crippen molar-refractivity contribution in [2.75, 3.05) is 12.4 Å². The van der Waals surface area contributed by atoms with Crippen LogP contribution in [0.15, 0.2) is 58.6 Å². The molecule has 0 amide bonds. The highest BCUT2D eigenvalue weighted by atomic mass is 32.2. The van der Waals surface area contributed by atoms with Crippen molar-refractivity contribution in [2.24, 2.45) is 5.14 Å². The molecule has 0 fully saturated rings. The zero-order valence-corrected chi connectivity index (χ0v) is 15.0. The number of imidazole rings is 1. The van der Waals surface area contributed by atoms with E-state index < -0.39 is 16.6 Å². The lowest BCUT2D eigenvalue weighted by molar-refractivity contribution is 0.0656. The Balaban J connectivity index is 1.62. The van der Waals surface area contributed by atoms with E-state index in [0.717, 1.165) is 16.3 Å². The molecule has 26 heavy (non-hydrogen) atoms. The van der Waals surface area contributed by atoms with E-state index in [9.17, 15) is 17.2 Å². The van der Waals surface area contributed by atoms with E-state index in [2.05, 4.69) is 4.98 Å². The van der Waals surface area contributed by atoms with Crippen LogP contribution in [-0.4, -0.2) is 30.3 Å². The molecule has 1 heterocycles. The lowest BCUT2D eigenvalue weighted by Gasteiger charge is -2.08. The van der Waals surface area contributed by atoms with Gasteiger partial charge in [0.1, 0.15) is 5.75 Å². The number of nitrogens with two attached hydrogens (primary N) is 1. The first-order valence-corrected chi connectivity index (χ1v) is 10.0. The number of rotatable bonds is 7. The topological polar surface area (TPSA) is 87.2 Å². The van der Waals surface area contributed by atoms with Gasteiger partial charge in [0.15, 0.2) is 5.16 Å². The Morgan fingerprint density at radius 2 is 1.85 bits per heavy atom. The van der Waals surface area contributed by atoms with Crippen LogP contribution in [0.1, 0.15) is 6.55 Å². The van der Waals surface area contributed by atoms with Crippen molar-refractivity contribution in [1.29, 1.82) is 0 Å². The van der Waals surface area contributed by atoms with Crippen molar-refractivity contribution < 1.29 is 21.9 Å². The van der Waals surface area contributed by atoms with Gasteiger partial charge in [0, 0.05) is 5.75 Å². The molecule has 3 aromatic rings. The van der Waals surface area contributed by atoms with Crippen molar-refractivity contribution in [3.05, 3.63) is 48.5 Å². The van der Waals surface area contributed by atoms with Gasteiger partial charge in [0.05, 0.1) is 22.5 Å². The van der Waals surface area contributed by atoms with Crippen LogP contribution in [0.2, 0.25) is 0 Å². The summed E-state index contributed by atoms with van der Waals surface area (Å²) in [6, 6.07) is 12.4. The predicted octanol–water partition coefficient (Wildman–Crippen LogP) is 3.25. The molecule has 0 spiro atoms. The summed E-state index contributed by atoms with van der Waals surface area (Å²) in [5.41, 5.74) is 0.888. The SMILES string of the molecule is NS(=O)(=O)c1ccc(OCCSc2nc3ccccc3n2C(F)F)cc1. The number of thioether (sulfide) groups is 1. The van der Waals surface area contributed by atoms with Crippen LogP contribution in [-0.2, 0) is 10.0 Å². The van der Waals surface area contributed by atoms with Crippen LogP contribution in [0.25, 0.3) is 11.0 Å². The van der Waals surface area contributed by atoms with E-state index in [4.69, 9.17) is 9.88 Å². The fraction of sp³-hybridized carbons (Fsp3) is 0.188. The Morgan fingerprint density at radius 1 is 1.15 bits per heavy atom. The minimum atomic E-state index is -3.75. The number of para-hydroxylation sites is 2. The summed E-state index contributed by atoms with van der Waals surface area (Å²) in [6.07, 6.45) is 0. The standard InChI is InChI=1S/C16H15F2N3O3S2/c17-15(18)21-14-4-2-1-3-13(14)20-16(21)25-10-9-24-11-5-7-12(8-6-11)26(19,22)23/h1-8,15H,9-10H2,(H2,19,22,23). The number of fused-ring (bicyclic) bond motifs is 1. The second-order valence-electron chi connectivity index (χ2n) is 5.24. The van der Waals surface area contributed by atoms with Crippen molar-refractivity contribution in [3.8, 4) is 5.75 Å². The second kappa shape index (κ2) is 7.60. The molecule has 1 aromatic heterocycles. The molecule has 0 atom stereocenters. The van der Waals surface area contributed by atoms with Crippen LogP contribution in [0.4, 0.5) is 8.78 Å². The summed E-state index contributed by atoms with van der Waals surface area (Å²) in [7, 11) is -3.75. The van der Waals surface area contributed by atoms with Crippen LogP contribution < -0.4 is 9.88 Å². The highest BCUT2D eigenvalue weighted by Crippen LogP contribution is 2.29. The predicted molar refractivity (Wildman–Crippen MR) is 95.0 cm³/mol. The van der Waals surface area contributed by atoms with E-state index in [1.807, 2.05) is 0 Å². The number of benzene rings is 2. The van der Waals surface area contributed by atoms with Crippen LogP contribution in [0, 0.1) is 0 Å². The van der Waals surface area contributed by atoms with E-state index in [1.54, 1.807) is 24.3 Å². The van der Waals surface area contributed by atoms with Gasteiger partial charge in [-0.1, -0.05) is 23.9 Å². The normalized spacial score (nSPS) is 12.0. The highest BCUT2D eigenvalue weighted by Gasteiger charge is 2.17. The van der Waals surface area contributed by atoms with Crippen molar-refractivity contribution in [2.45, 2.75) is 16.6 Å². The molecular formula is C16H15F2N3O3S2. The first-order chi connectivity index (χ1) is 12.4. The molecule has 3 rings (SSSR count). The molecule has 10 heteroatoms. The molecule has 138 valence electrons. The monoisotopic (exact) mass is 399 g/mol. The van der Waals surface area contributed by atoms with Crippen molar-refractivity contribution >= 4 is 32.8 Å². The lowest BCUT2D eigenvalue weighted by atomic mass is 10.3. The molecule has 0 aliphatic carbocycles. The van der Waals surface area contributed by atoms with Gasteiger partial charge in [0.25, 0.3) is 0 Å². The first-order valence-electron chi connectivity index (χ1n) is 7.50. The van der Waals surface area contributed by atoms with Gasteiger partial charge in [-0.2, -0.15) is 8.78 Å². The summed E-state index contributed by atoms with van der Waals surface area (Å²) in [6.45, 7) is -2.44. The molecular weight excluding hydrogens is 384 g/mol. The number of hydrogen-bond acceptors (Lipinski definition) is 5. The average Bonchev–Trinajstić information content (AvgIpc) is 2.97.